The second-order valence-electron chi connectivity index (χ2n) is 3.78. The van der Waals surface area contributed by atoms with Gasteiger partial charge in [-0.3, -0.25) is 4.79 Å². The molecule has 82 valence electrons. The van der Waals surface area contributed by atoms with Crippen LogP contribution in [0.25, 0.3) is 0 Å². The molecular weight excluding hydrogens is 178 g/mol. The molecule has 0 radical (unpaired) electrons. The highest BCUT2D eigenvalue weighted by molar-refractivity contribution is 5.78. The maximum absolute atomic E-state index is 11.5. The van der Waals surface area contributed by atoms with Gasteiger partial charge in [0.25, 0.3) is 0 Å². The highest BCUT2D eigenvalue weighted by Crippen LogP contribution is 2.16. The van der Waals surface area contributed by atoms with Crippen LogP contribution >= 0.6 is 0 Å². The van der Waals surface area contributed by atoms with Gasteiger partial charge in [-0.25, -0.2) is 0 Å². The monoisotopic (exact) mass is 199 g/mol. The van der Waals surface area contributed by atoms with Crippen molar-refractivity contribution >= 4 is 5.91 Å². The molecule has 1 heterocycles. The fraction of sp³-hybridized carbons (Fsp3) is 0.909. The van der Waals surface area contributed by atoms with Crippen LogP contribution in [0.3, 0.4) is 0 Å². The van der Waals surface area contributed by atoms with Crippen molar-refractivity contribution in [2.24, 2.45) is 0 Å². The number of carbonyl (C=O) groups excluding carboxylic acids is 1. The van der Waals surface area contributed by atoms with Gasteiger partial charge in [0, 0.05) is 19.6 Å². The van der Waals surface area contributed by atoms with Crippen LogP contribution in [0.4, 0.5) is 0 Å². The second-order valence-corrected chi connectivity index (χ2v) is 3.78. The Labute approximate surface area is 86.4 Å². The smallest absolute Gasteiger partial charge is 0.224 e. The molecule has 0 aliphatic carbocycles. The van der Waals surface area contributed by atoms with Gasteiger partial charge in [-0.2, -0.15) is 0 Å². The van der Waals surface area contributed by atoms with Gasteiger partial charge in [-0.15, -0.1) is 0 Å². The average molecular weight is 199 g/mol. The van der Waals surface area contributed by atoms with Gasteiger partial charge in [-0.1, -0.05) is 20.3 Å². The minimum atomic E-state index is 0.0246. The molecule has 1 saturated heterocycles. The maximum Gasteiger partial charge on any atom is 0.224 e. The van der Waals surface area contributed by atoms with Crippen molar-refractivity contribution in [3.05, 3.63) is 0 Å². The van der Waals surface area contributed by atoms with Crippen molar-refractivity contribution in [2.45, 2.75) is 52.2 Å². The first kappa shape index (κ1) is 11.5. The van der Waals surface area contributed by atoms with Gasteiger partial charge in [0.1, 0.15) is 6.23 Å². The molecule has 1 rings (SSSR count). The first-order valence-electron chi connectivity index (χ1n) is 5.70. The van der Waals surface area contributed by atoms with Crippen molar-refractivity contribution in [1.29, 1.82) is 0 Å². The van der Waals surface area contributed by atoms with Crippen LogP contribution < -0.4 is 0 Å². The summed E-state index contributed by atoms with van der Waals surface area (Å²) in [7, 11) is 0. The van der Waals surface area contributed by atoms with E-state index in [1.165, 1.54) is 0 Å². The van der Waals surface area contributed by atoms with Crippen LogP contribution in [0, 0.1) is 0 Å². The molecule has 1 aliphatic heterocycles. The molecule has 1 atom stereocenters. The fourth-order valence-electron chi connectivity index (χ4n) is 1.77. The number of ether oxygens (including phenoxy) is 1. The largest absolute Gasteiger partial charge is 0.358 e. The second kappa shape index (κ2) is 6.02. The highest BCUT2D eigenvalue weighted by atomic mass is 16.5. The zero-order valence-electron chi connectivity index (χ0n) is 9.29. The summed E-state index contributed by atoms with van der Waals surface area (Å²) in [5.41, 5.74) is 0. The molecule has 0 saturated carbocycles. The van der Waals surface area contributed by atoms with Crippen LogP contribution in [0.15, 0.2) is 0 Å². The van der Waals surface area contributed by atoms with Gasteiger partial charge in [-0.05, 0) is 19.3 Å². The van der Waals surface area contributed by atoms with E-state index in [1.807, 2.05) is 4.90 Å². The van der Waals surface area contributed by atoms with Gasteiger partial charge in [0.05, 0.1) is 0 Å². The average Bonchev–Trinajstić information content (AvgIpc) is 2.60. The number of amides is 1. The van der Waals surface area contributed by atoms with Crippen molar-refractivity contribution in [3.63, 3.8) is 0 Å². The van der Waals surface area contributed by atoms with Crippen molar-refractivity contribution < 1.29 is 9.53 Å². The van der Waals surface area contributed by atoms with Gasteiger partial charge in [0.2, 0.25) is 5.91 Å². The predicted octanol–water partition coefficient (Wildman–Crippen LogP) is 2.16. The van der Waals surface area contributed by atoms with Crippen molar-refractivity contribution in [1.82, 2.24) is 4.90 Å². The lowest BCUT2D eigenvalue weighted by atomic mass is 10.3. The number of hydrogen-bond donors (Lipinski definition) is 0. The lowest BCUT2D eigenvalue weighted by molar-refractivity contribution is -0.141. The molecule has 3 nitrogen and oxygen atoms in total. The molecule has 1 aliphatic rings. The molecule has 0 aromatic carbocycles. The zero-order valence-corrected chi connectivity index (χ0v) is 9.29. The topological polar surface area (TPSA) is 29.5 Å². The third-order valence-corrected chi connectivity index (χ3v) is 2.62. The third-order valence-electron chi connectivity index (χ3n) is 2.62. The lowest BCUT2D eigenvalue weighted by Crippen LogP contribution is -2.37. The van der Waals surface area contributed by atoms with E-state index in [2.05, 4.69) is 13.8 Å². The zero-order chi connectivity index (χ0) is 10.4. The van der Waals surface area contributed by atoms with Crippen LogP contribution in [0.2, 0.25) is 0 Å². The Morgan fingerprint density at radius 3 is 2.79 bits per heavy atom. The number of rotatable bonds is 6. The summed E-state index contributed by atoms with van der Waals surface area (Å²) >= 11 is 0. The lowest BCUT2D eigenvalue weighted by Gasteiger charge is -2.26. The normalized spacial score (nSPS) is 19.0. The van der Waals surface area contributed by atoms with E-state index in [9.17, 15) is 4.79 Å². The molecule has 3 heteroatoms. The summed E-state index contributed by atoms with van der Waals surface area (Å²) in [6.07, 6.45) is 4.84. The Morgan fingerprint density at radius 2 is 2.29 bits per heavy atom. The minimum Gasteiger partial charge on any atom is -0.358 e. The van der Waals surface area contributed by atoms with E-state index in [-0.39, 0.29) is 12.1 Å². The Morgan fingerprint density at radius 1 is 1.50 bits per heavy atom. The van der Waals surface area contributed by atoms with E-state index in [4.69, 9.17) is 4.74 Å². The number of hydrogen-bond acceptors (Lipinski definition) is 2. The Balaban J connectivity index is 2.32. The molecular formula is C11H21NO2. The first-order valence-corrected chi connectivity index (χ1v) is 5.70. The van der Waals surface area contributed by atoms with E-state index in [0.29, 0.717) is 6.42 Å². The summed E-state index contributed by atoms with van der Waals surface area (Å²) in [6.45, 7) is 5.87. The summed E-state index contributed by atoms with van der Waals surface area (Å²) in [4.78, 5) is 13.3. The predicted molar refractivity (Wildman–Crippen MR) is 55.9 cm³/mol. The molecule has 14 heavy (non-hydrogen) atoms. The Bertz CT molecular complexity index is 182. The summed E-state index contributed by atoms with van der Waals surface area (Å²) in [6, 6.07) is 0. The number of likely N-dealkylation sites (tertiary alicyclic amines) is 1. The molecule has 1 amide bonds. The van der Waals surface area contributed by atoms with E-state index in [1.54, 1.807) is 0 Å². The fourth-order valence-corrected chi connectivity index (χ4v) is 1.77. The standard InChI is InChI=1S/C11H21NO2/c1-3-5-9-14-11(4-2)12-8-6-7-10(12)13/h11H,3-9H2,1-2H3. The van der Waals surface area contributed by atoms with E-state index < -0.39 is 0 Å². The van der Waals surface area contributed by atoms with Crippen molar-refractivity contribution in [2.75, 3.05) is 13.2 Å². The van der Waals surface area contributed by atoms with Gasteiger partial charge in [0.15, 0.2) is 0 Å². The maximum atomic E-state index is 11.5. The Hall–Kier alpha value is -0.570. The van der Waals surface area contributed by atoms with Crippen LogP contribution in [0.5, 0.6) is 0 Å². The SMILES string of the molecule is CCCCOC(CC)N1CCCC1=O. The Kier molecular flexibility index (Phi) is 4.94. The first-order chi connectivity index (χ1) is 6.79. The summed E-state index contributed by atoms with van der Waals surface area (Å²) in [5.74, 6) is 0.258. The van der Waals surface area contributed by atoms with Crippen LogP contribution in [-0.4, -0.2) is 30.2 Å². The molecule has 0 N–H and O–H groups in total. The minimum absolute atomic E-state index is 0.0246. The molecule has 0 aromatic heterocycles. The molecule has 0 spiro atoms. The summed E-state index contributed by atoms with van der Waals surface area (Å²) < 4.78 is 5.69. The van der Waals surface area contributed by atoms with E-state index in [0.717, 1.165) is 38.8 Å². The van der Waals surface area contributed by atoms with Gasteiger partial charge < -0.3 is 9.64 Å². The quantitative estimate of drug-likeness (QED) is 0.613. The summed E-state index contributed by atoms with van der Waals surface area (Å²) in [5, 5.41) is 0. The van der Waals surface area contributed by atoms with Crippen LogP contribution in [-0.2, 0) is 9.53 Å². The number of unbranched alkanes of at least 4 members (excludes halogenated alkanes) is 1. The molecule has 0 aromatic rings. The van der Waals surface area contributed by atoms with Crippen LogP contribution in [0.1, 0.15) is 46.0 Å². The number of nitrogens with zero attached hydrogens (tertiary/aromatic N) is 1. The molecule has 0 bridgehead atoms. The molecule has 1 unspecified atom stereocenters. The number of carbonyl (C=O) groups is 1. The van der Waals surface area contributed by atoms with E-state index >= 15 is 0 Å². The highest BCUT2D eigenvalue weighted by Gasteiger charge is 2.26. The molecule has 1 fully saturated rings. The van der Waals surface area contributed by atoms with Gasteiger partial charge >= 0.3 is 0 Å². The third kappa shape index (κ3) is 2.98. The van der Waals surface area contributed by atoms with Crippen molar-refractivity contribution in [3.8, 4) is 0 Å².